The van der Waals surface area contributed by atoms with E-state index in [1.807, 2.05) is 36.4 Å². The van der Waals surface area contributed by atoms with Gasteiger partial charge in [0.05, 0.1) is 21.8 Å². The topological polar surface area (TPSA) is 144 Å². The zero-order chi connectivity index (χ0) is 30.9. The number of fused-ring (bicyclic) bond motifs is 1. The van der Waals surface area contributed by atoms with E-state index in [0.717, 1.165) is 16.6 Å². The molecule has 44 heavy (non-hydrogen) atoms. The highest BCUT2D eigenvalue weighted by Crippen LogP contribution is 2.27. The van der Waals surface area contributed by atoms with Gasteiger partial charge in [0.2, 0.25) is 10.0 Å². The Kier molecular flexibility index (Phi) is 9.48. The van der Waals surface area contributed by atoms with Crippen LogP contribution in [0.1, 0.15) is 21.6 Å². The lowest BCUT2D eigenvalue weighted by Gasteiger charge is -2.14. The average Bonchev–Trinajstić information content (AvgIpc) is 3.03. The molecule has 0 atom stereocenters. The fraction of sp³-hybridized carbons (Fsp3) is 0.121. The molecular weight excluding hydrogens is 582 g/mol. The van der Waals surface area contributed by atoms with Crippen molar-refractivity contribution in [3.63, 3.8) is 0 Å². The molecule has 10 nitrogen and oxygen atoms in total. The zero-order valence-electron chi connectivity index (χ0n) is 23.5. The Morgan fingerprint density at radius 1 is 0.818 bits per heavy atom. The van der Waals surface area contributed by atoms with E-state index in [1.165, 1.54) is 18.2 Å². The molecule has 11 heteroatoms. The normalized spacial score (nSPS) is 11.2. The molecule has 5 rings (SSSR count). The van der Waals surface area contributed by atoms with Gasteiger partial charge in [-0.1, -0.05) is 54.6 Å². The molecule has 0 aliphatic carbocycles. The van der Waals surface area contributed by atoms with Gasteiger partial charge in [0.1, 0.15) is 18.1 Å². The van der Waals surface area contributed by atoms with E-state index in [-0.39, 0.29) is 29.5 Å². The summed E-state index contributed by atoms with van der Waals surface area (Å²) in [6.45, 7) is -0.296. The van der Waals surface area contributed by atoms with E-state index in [1.54, 1.807) is 54.6 Å². The molecule has 0 saturated carbocycles. The fourth-order valence-electron chi connectivity index (χ4n) is 4.38. The van der Waals surface area contributed by atoms with E-state index in [0.29, 0.717) is 23.3 Å². The molecular formula is C33H29N3O7S. The van der Waals surface area contributed by atoms with Gasteiger partial charge in [0.15, 0.2) is 6.61 Å². The van der Waals surface area contributed by atoms with Crippen LogP contribution in [-0.4, -0.2) is 43.5 Å². The molecule has 3 N–H and O–H groups in total. The number of para-hydroxylation sites is 1. The van der Waals surface area contributed by atoms with Gasteiger partial charge in [-0.15, -0.1) is 0 Å². The van der Waals surface area contributed by atoms with Crippen molar-refractivity contribution in [2.45, 2.75) is 17.9 Å². The Morgan fingerprint density at radius 3 is 2.43 bits per heavy atom. The number of benzene rings is 4. The molecule has 4 aromatic carbocycles. The minimum Gasteiger partial charge on any atom is -0.487 e. The van der Waals surface area contributed by atoms with E-state index < -0.39 is 28.5 Å². The summed E-state index contributed by atoms with van der Waals surface area (Å²) in [4.78, 5) is 29.1. The van der Waals surface area contributed by atoms with E-state index in [2.05, 4.69) is 15.0 Å². The first-order chi connectivity index (χ1) is 21.3. The van der Waals surface area contributed by atoms with Crippen molar-refractivity contribution in [2.24, 2.45) is 0 Å². The van der Waals surface area contributed by atoms with Gasteiger partial charge in [-0.05, 0) is 66.6 Å². The maximum absolute atomic E-state index is 13.2. The van der Waals surface area contributed by atoms with E-state index in [4.69, 9.17) is 14.6 Å². The SMILES string of the molecule is O=C(O)COc1ccc(CCNS(=O)(=O)c2ccccc2)cc1NC(=O)c1cccc(OCc2ccc3ccccc3n2)c1. The van der Waals surface area contributed by atoms with Crippen LogP contribution in [0.4, 0.5) is 5.69 Å². The molecule has 0 spiro atoms. The number of hydrogen-bond acceptors (Lipinski definition) is 7. The quantitative estimate of drug-likeness (QED) is 0.168. The first kappa shape index (κ1) is 30.2. The number of carboxylic acid groups (broad SMARTS) is 1. The van der Waals surface area contributed by atoms with Gasteiger partial charge in [-0.2, -0.15) is 0 Å². The van der Waals surface area contributed by atoms with Crippen LogP contribution in [0.25, 0.3) is 10.9 Å². The predicted molar refractivity (Wildman–Crippen MR) is 165 cm³/mol. The number of sulfonamides is 1. The van der Waals surface area contributed by atoms with Crippen molar-refractivity contribution in [3.8, 4) is 11.5 Å². The number of nitrogens with zero attached hydrogens (tertiary/aromatic N) is 1. The van der Waals surface area contributed by atoms with Crippen molar-refractivity contribution >= 4 is 38.5 Å². The third-order valence-corrected chi connectivity index (χ3v) is 8.02. The van der Waals surface area contributed by atoms with Gasteiger partial charge in [-0.3, -0.25) is 4.79 Å². The monoisotopic (exact) mass is 611 g/mol. The second-order valence-corrected chi connectivity index (χ2v) is 11.5. The molecule has 0 radical (unpaired) electrons. The van der Waals surface area contributed by atoms with E-state index >= 15 is 0 Å². The fourth-order valence-corrected chi connectivity index (χ4v) is 5.43. The Hall–Kier alpha value is -5.26. The van der Waals surface area contributed by atoms with Crippen LogP contribution in [-0.2, 0) is 27.8 Å². The first-order valence-electron chi connectivity index (χ1n) is 13.7. The number of carbonyl (C=O) groups excluding carboxylic acids is 1. The number of anilines is 1. The molecule has 0 unspecified atom stereocenters. The summed E-state index contributed by atoms with van der Waals surface area (Å²) < 4.78 is 38.9. The number of nitrogens with one attached hydrogen (secondary N) is 2. The molecule has 1 amide bonds. The van der Waals surface area contributed by atoms with Crippen molar-refractivity contribution in [2.75, 3.05) is 18.5 Å². The number of amides is 1. The Labute approximate surface area is 254 Å². The average molecular weight is 612 g/mol. The number of carboxylic acids is 1. The maximum atomic E-state index is 13.2. The highest BCUT2D eigenvalue weighted by Gasteiger charge is 2.15. The summed E-state index contributed by atoms with van der Waals surface area (Å²) in [5.41, 5.74) is 2.84. The largest absolute Gasteiger partial charge is 0.487 e. The lowest BCUT2D eigenvalue weighted by molar-refractivity contribution is -0.139. The van der Waals surface area contributed by atoms with Crippen molar-refractivity contribution in [1.82, 2.24) is 9.71 Å². The molecule has 1 heterocycles. The highest BCUT2D eigenvalue weighted by atomic mass is 32.2. The van der Waals surface area contributed by atoms with Gasteiger partial charge in [0, 0.05) is 17.5 Å². The lowest BCUT2D eigenvalue weighted by atomic mass is 10.1. The first-order valence-corrected chi connectivity index (χ1v) is 15.2. The predicted octanol–water partition coefficient (Wildman–Crippen LogP) is 5.05. The summed E-state index contributed by atoms with van der Waals surface area (Å²) in [6.07, 6.45) is 0.306. The number of aliphatic carboxylic acids is 1. The van der Waals surface area contributed by atoms with Crippen LogP contribution in [0, 0.1) is 0 Å². The van der Waals surface area contributed by atoms with Crippen LogP contribution in [0.3, 0.4) is 0 Å². The van der Waals surface area contributed by atoms with Crippen molar-refractivity contribution in [3.05, 3.63) is 126 Å². The number of hydrogen-bond donors (Lipinski definition) is 3. The van der Waals surface area contributed by atoms with Crippen LogP contribution >= 0.6 is 0 Å². The molecule has 0 bridgehead atoms. The van der Waals surface area contributed by atoms with Crippen LogP contribution < -0.4 is 19.5 Å². The molecule has 0 saturated heterocycles. The number of ether oxygens (including phenoxy) is 2. The smallest absolute Gasteiger partial charge is 0.341 e. The summed E-state index contributed by atoms with van der Waals surface area (Å²) in [6, 6.07) is 31.1. The van der Waals surface area contributed by atoms with Crippen molar-refractivity contribution in [1.29, 1.82) is 0 Å². The Morgan fingerprint density at radius 2 is 1.61 bits per heavy atom. The van der Waals surface area contributed by atoms with Crippen molar-refractivity contribution < 1.29 is 32.6 Å². The van der Waals surface area contributed by atoms with E-state index in [9.17, 15) is 18.0 Å². The number of aromatic nitrogens is 1. The minimum absolute atomic E-state index is 0.103. The molecule has 1 aromatic heterocycles. The Bertz CT molecular complexity index is 1900. The molecule has 224 valence electrons. The third-order valence-electron chi connectivity index (χ3n) is 6.54. The second-order valence-electron chi connectivity index (χ2n) is 9.74. The molecule has 5 aromatic rings. The summed E-state index contributed by atoms with van der Waals surface area (Å²) in [7, 11) is -3.68. The zero-order valence-corrected chi connectivity index (χ0v) is 24.3. The Balaban J connectivity index is 1.26. The third kappa shape index (κ3) is 7.97. The second kappa shape index (κ2) is 13.8. The van der Waals surface area contributed by atoms with Gasteiger partial charge < -0.3 is 19.9 Å². The summed E-state index contributed by atoms with van der Waals surface area (Å²) >= 11 is 0. The number of pyridine rings is 1. The lowest BCUT2D eigenvalue weighted by Crippen LogP contribution is -2.26. The van der Waals surface area contributed by atoms with Gasteiger partial charge in [0.25, 0.3) is 5.91 Å². The van der Waals surface area contributed by atoms with Crippen LogP contribution in [0.5, 0.6) is 11.5 Å². The number of rotatable bonds is 13. The summed E-state index contributed by atoms with van der Waals surface area (Å²) in [5, 5.41) is 12.9. The van der Waals surface area contributed by atoms with Gasteiger partial charge in [-0.25, -0.2) is 22.9 Å². The maximum Gasteiger partial charge on any atom is 0.341 e. The molecule has 0 aliphatic heterocycles. The molecule has 0 fully saturated rings. The van der Waals surface area contributed by atoms with Crippen LogP contribution in [0.2, 0.25) is 0 Å². The standard InChI is InChI=1S/C33H29N3O7S/c37-32(38)22-43-31-16-13-23(17-18-34-44(40,41)28-10-2-1-3-11-28)19-30(31)36-33(39)25-8-6-9-27(20-25)42-21-26-15-14-24-7-4-5-12-29(24)35-26/h1-16,19-20,34H,17-18,21-22H2,(H,36,39)(H,37,38). The molecule has 0 aliphatic rings. The minimum atomic E-state index is -3.68. The highest BCUT2D eigenvalue weighted by molar-refractivity contribution is 7.89. The van der Waals surface area contributed by atoms with Crippen LogP contribution in [0.15, 0.2) is 114 Å². The number of carbonyl (C=O) groups is 2. The van der Waals surface area contributed by atoms with Gasteiger partial charge >= 0.3 is 5.97 Å². The summed E-state index contributed by atoms with van der Waals surface area (Å²) in [5.74, 6) is -1.02.